The molecule has 3 rings (SSSR count). The number of esters is 2. The first-order valence-electron chi connectivity index (χ1n) is 10.8. The zero-order chi connectivity index (χ0) is 27.9. The second-order valence-corrected chi connectivity index (χ2v) is 9.26. The number of benzene rings is 2. The van der Waals surface area contributed by atoms with Gasteiger partial charge in [-0.1, -0.05) is 23.5 Å². The van der Waals surface area contributed by atoms with Crippen LogP contribution in [-0.4, -0.2) is 47.5 Å². The molecule has 0 aliphatic rings. The van der Waals surface area contributed by atoms with E-state index < -0.39 is 17.0 Å². The lowest BCUT2D eigenvalue weighted by Crippen LogP contribution is -2.09. The topological polar surface area (TPSA) is 169 Å². The molecular weight excluding hydrogens is 556 g/mol. The maximum absolute atomic E-state index is 12.3. The summed E-state index contributed by atoms with van der Waals surface area (Å²) in [7, 11) is 1.46. The van der Waals surface area contributed by atoms with Crippen LogP contribution in [0.1, 0.15) is 28.8 Å². The Morgan fingerprint density at radius 3 is 2.55 bits per heavy atom. The van der Waals surface area contributed by atoms with Crippen molar-refractivity contribution in [2.75, 3.05) is 26.1 Å². The fourth-order valence-electron chi connectivity index (χ4n) is 2.62. The van der Waals surface area contributed by atoms with Crippen LogP contribution < -0.4 is 15.2 Å². The largest absolute Gasteiger partial charge is 0.493 e. The highest BCUT2D eigenvalue weighted by Crippen LogP contribution is 2.29. The molecule has 0 saturated carbocycles. The fourth-order valence-corrected chi connectivity index (χ4v) is 3.45. The number of ether oxygens (including phenoxy) is 3. The molecule has 3 aromatic rings. The fraction of sp³-hybridized carbons (Fsp3) is 0.217. The number of H-pyrrole nitrogens is 1. The molecule has 0 atom stereocenters. The normalized spacial score (nSPS) is 10.3. The molecule has 0 bridgehead atoms. The van der Waals surface area contributed by atoms with Crippen molar-refractivity contribution in [3.05, 3.63) is 73.7 Å². The van der Waals surface area contributed by atoms with E-state index in [1.165, 1.54) is 18.4 Å². The molecule has 1 aromatic heterocycles. The zero-order valence-corrected chi connectivity index (χ0v) is 22.6. The number of rotatable bonds is 11. The maximum Gasteiger partial charge on any atom is 0.343 e. The van der Waals surface area contributed by atoms with Crippen LogP contribution >= 0.6 is 36.2 Å². The van der Waals surface area contributed by atoms with Gasteiger partial charge in [0.2, 0.25) is 5.13 Å². The average Bonchev–Trinajstić information content (AvgIpc) is 3.28. The van der Waals surface area contributed by atoms with Crippen molar-refractivity contribution >= 4 is 59.3 Å². The first-order valence-corrected chi connectivity index (χ1v) is 12.4. The van der Waals surface area contributed by atoms with Crippen LogP contribution in [-0.2, 0) is 14.4 Å². The second kappa shape index (κ2) is 16.0. The highest BCUT2D eigenvalue weighted by atomic mass is 32.1. The van der Waals surface area contributed by atoms with E-state index in [0.29, 0.717) is 20.4 Å². The number of carbonyl (C=O) groups is 2. The smallest absolute Gasteiger partial charge is 0.343 e. The van der Waals surface area contributed by atoms with Crippen LogP contribution in [0.3, 0.4) is 0 Å². The third-order valence-corrected chi connectivity index (χ3v) is 5.54. The standard InChI is InChI=1S/C21H21NO8S.C2H3N3S2/c1-27-19-14-15(4-2-12-28-20(23)5-3-13-29-22(25)26)6-11-18(19)30-21(24)16-7-9-17(31)10-8-16;3-1-4-5-2(6)7-1/h2,4,6-11,14,31H,3,5,12-13H2,1H3;(H2,3,4)(H,5,6)/b4-2+;. The van der Waals surface area contributed by atoms with Gasteiger partial charge in [0, 0.05) is 11.3 Å². The Labute approximate surface area is 231 Å². The summed E-state index contributed by atoms with van der Waals surface area (Å²) >= 11 is 10.1. The summed E-state index contributed by atoms with van der Waals surface area (Å²) in [6, 6.07) is 11.6. The number of nitrogens with zero attached hydrogens (tertiary/aromatic N) is 2. The Bertz CT molecular complexity index is 1310. The highest BCUT2D eigenvalue weighted by Gasteiger charge is 2.12. The van der Waals surface area contributed by atoms with Crippen molar-refractivity contribution in [1.29, 1.82) is 0 Å². The van der Waals surface area contributed by atoms with Gasteiger partial charge >= 0.3 is 11.9 Å². The van der Waals surface area contributed by atoms with Gasteiger partial charge < -0.3 is 24.8 Å². The molecule has 2 aromatic carbocycles. The minimum Gasteiger partial charge on any atom is -0.493 e. The van der Waals surface area contributed by atoms with Gasteiger partial charge in [0.1, 0.15) is 6.61 Å². The molecule has 0 aliphatic heterocycles. The van der Waals surface area contributed by atoms with Crippen molar-refractivity contribution < 1.29 is 33.7 Å². The van der Waals surface area contributed by atoms with E-state index in [9.17, 15) is 19.7 Å². The molecule has 12 nitrogen and oxygen atoms in total. The molecular formula is C23H24N4O8S3. The van der Waals surface area contributed by atoms with E-state index in [-0.39, 0.29) is 31.8 Å². The first kappa shape index (κ1) is 30.3. The number of nitrogens with two attached hydrogens (primary N) is 1. The molecule has 0 spiro atoms. The van der Waals surface area contributed by atoms with Crippen LogP contribution in [0, 0.1) is 14.1 Å². The molecule has 38 heavy (non-hydrogen) atoms. The number of hydrogen-bond donors (Lipinski definition) is 3. The molecule has 0 aliphatic carbocycles. The maximum atomic E-state index is 12.3. The monoisotopic (exact) mass is 580 g/mol. The van der Waals surface area contributed by atoms with Crippen LogP contribution in [0.15, 0.2) is 53.4 Å². The number of hydrogen-bond acceptors (Lipinski definition) is 13. The minimum absolute atomic E-state index is 0.0201. The highest BCUT2D eigenvalue weighted by molar-refractivity contribution is 7.80. The number of methoxy groups -OCH3 is 1. The van der Waals surface area contributed by atoms with Crippen LogP contribution in [0.4, 0.5) is 5.13 Å². The quantitative estimate of drug-likeness (QED) is 0.0554. The minimum atomic E-state index is -0.908. The lowest BCUT2D eigenvalue weighted by molar-refractivity contribution is -0.757. The Kier molecular flexibility index (Phi) is 12.8. The molecule has 202 valence electrons. The van der Waals surface area contributed by atoms with Crippen molar-refractivity contribution in [1.82, 2.24) is 10.2 Å². The van der Waals surface area contributed by atoms with E-state index >= 15 is 0 Å². The van der Waals surface area contributed by atoms with E-state index in [2.05, 4.69) is 39.9 Å². The number of thiol groups is 1. The first-order chi connectivity index (χ1) is 18.2. The van der Waals surface area contributed by atoms with Crippen LogP contribution in [0.2, 0.25) is 0 Å². The van der Waals surface area contributed by atoms with Crippen molar-refractivity contribution in [2.45, 2.75) is 17.7 Å². The Morgan fingerprint density at radius 2 is 1.97 bits per heavy atom. The van der Waals surface area contributed by atoms with Crippen molar-refractivity contribution in [3.63, 3.8) is 0 Å². The average molecular weight is 581 g/mol. The Hall–Kier alpha value is -3.95. The zero-order valence-electron chi connectivity index (χ0n) is 20.0. The summed E-state index contributed by atoms with van der Waals surface area (Å²) in [5.41, 5.74) is 6.32. The van der Waals surface area contributed by atoms with Crippen molar-refractivity contribution in [2.24, 2.45) is 0 Å². The SMILES string of the molecule is COc1cc(/C=C/COC(=O)CCCO[N+](=O)[O-])ccc1OC(=O)c1ccc(S)cc1.Nc1n[nH]c(=S)s1. The predicted molar refractivity (Wildman–Crippen MR) is 146 cm³/mol. The van der Waals surface area contributed by atoms with Gasteiger partial charge in [-0.3, -0.25) is 9.89 Å². The van der Waals surface area contributed by atoms with Gasteiger partial charge in [-0.25, -0.2) is 4.79 Å². The van der Waals surface area contributed by atoms with Crippen LogP contribution in [0.5, 0.6) is 11.5 Å². The van der Waals surface area contributed by atoms with E-state index in [4.69, 9.17) is 19.9 Å². The lowest BCUT2D eigenvalue weighted by atomic mass is 10.2. The van der Waals surface area contributed by atoms with E-state index in [1.54, 1.807) is 54.6 Å². The molecule has 0 fully saturated rings. The number of nitrogens with one attached hydrogen (secondary N) is 1. The van der Waals surface area contributed by atoms with Gasteiger partial charge in [0.25, 0.3) is 5.09 Å². The Morgan fingerprint density at radius 1 is 1.24 bits per heavy atom. The van der Waals surface area contributed by atoms with Gasteiger partial charge in [-0.2, -0.15) is 0 Å². The molecule has 0 unspecified atom stereocenters. The summed E-state index contributed by atoms with van der Waals surface area (Å²) in [6.45, 7) is -0.121. The number of carbonyl (C=O) groups excluding carboxylic acids is 2. The lowest BCUT2D eigenvalue weighted by Gasteiger charge is -2.10. The van der Waals surface area contributed by atoms with Gasteiger partial charge in [-0.15, -0.1) is 27.8 Å². The third kappa shape index (κ3) is 11.4. The number of aromatic amines is 1. The summed E-state index contributed by atoms with van der Waals surface area (Å²) in [5.74, 6) is -0.375. The number of aromatic nitrogens is 2. The molecule has 0 saturated heterocycles. The summed E-state index contributed by atoms with van der Waals surface area (Å²) < 4.78 is 16.3. The molecule has 3 N–H and O–H groups in total. The van der Waals surface area contributed by atoms with E-state index in [1.807, 2.05) is 0 Å². The molecule has 0 radical (unpaired) electrons. The summed E-state index contributed by atoms with van der Waals surface area (Å²) in [6.07, 6.45) is 3.56. The second-order valence-electron chi connectivity index (χ2n) is 7.04. The summed E-state index contributed by atoms with van der Waals surface area (Å²) in [4.78, 5) is 38.7. The van der Waals surface area contributed by atoms with Gasteiger partial charge in [0.05, 0.1) is 19.3 Å². The van der Waals surface area contributed by atoms with Crippen LogP contribution in [0.25, 0.3) is 6.08 Å². The van der Waals surface area contributed by atoms with Crippen molar-refractivity contribution in [3.8, 4) is 11.5 Å². The van der Waals surface area contributed by atoms with Gasteiger partial charge in [0.15, 0.2) is 15.5 Å². The Balaban J connectivity index is 0.000000624. The van der Waals surface area contributed by atoms with E-state index in [0.717, 1.165) is 10.5 Å². The molecule has 15 heteroatoms. The molecule has 0 amide bonds. The molecule has 1 heterocycles. The third-order valence-electron chi connectivity index (χ3n) is 4.32. The van der Waals surface area contributed by atoms with Gasteiger partial charge in [-0.05, 0) is 66.7 Å². The summed E-state index contributed by atoms with van der Waals surface area (Å²) in [5, 5.41) is 15.7. The predicted octanol–water partition coefficient (Wildman–Crippen LogP) is 4.53. The number of nitrogen functional groups attached to an aromatic ring is 1. The number of anilines is 1.